The first-order valence-corrected chi connectivity index (χ1v) is 6.91. The average molecular weight is 305 g/mol. The van der Waals surface area contributed by atoms with Crippen LogP contribution in [0.1, 0.15) is 5.56 Å². The Morgan fingerprint density at radius 3 is 2.70 bits per heavy atom. The van der Waals surface area contributed by atoms with Gasteiger partial charge in [-0.15, -0.1) is 5.10 Å². The van der Waals surface area contributed by atoms with Crippen molar-refractivity contribution >= 4 is 28.9 Å². The van der Waals surface area contributed by atoms with Gasteiger partial charge in [-0.25, -0.2) is 0 Å². The number of rotatable bonds is 3. The Morgan fingerprint density at radius 2 is 1.83 bits per heavy atom. The Morgan fingerprint density at radius 1 is 1.04 bits per heavy atom. The summed E-state index contributed by atoms with van der Waals surface area (Å²) < 4.78 is 0. The molecule has 0 unspecified atom stereocenters. The van der Waals surface area contributed by atoms with E-state index in [9.17, 15) is 4.79 Å². The third-order valence-electron chi connectivity index (χ3n) is 3.32. The molecule has 2 aromatic carbocycles. The maximum Gasteiger partial charge on any atom is 0.276 e. The Labute approximate surface area is 130 Å². The molecule has 0 atom stereocenters. The number of nitrogens with zero attached hydrogens (tertiary/aromatic N) is 5. The normalized spacial score (nSPS) is 14.6. The molecular weight excluding hydrogens is 294 g/mol. The lowest BCUT2D eigenvalue weighted by Crippen LogP contribution is -2.16. The van der Waals surface area contributed by atoms with E-state index in [1.54, 1.807) is 0 Å². The second kappa shape index (κ2) is 5.34. The largest absolute Gasteiger partial charge is 0.321 e. The molecule has 0 bridgehead atoms. The van der Waals surface area contributed by atoms with Crippen molar-refractivity contribution in [3.8, 4) is 0 Å². The van der Waals surface area contributed by atoms with Crippen molar-refractivity contribution < 1.29 is 4.79 Å². The van der Waals surface area contributed by atoms with Gasteiger partial charge in [-0.2, -0.15) is 0 Å². The highest BCUT2D eigenvalue weighted by molar-refractivity contribution is 6.53. The number of hydrogen-bond acceptors (Lipinski definition) is 6. The number of anilines is 3. The first kappa shape index (κ1) is 13.1. The smallest absolute Gasteiger partial charge is 0.276 e. The van der Waals surface area contributed by atoms with Crippen molar-refractivity contribution in [2.75, 3.05) is 10.6 Å². The molecule has 0 radical (unpaired) electrons. The minimum atomic E-state index is -0.285. The van der Waals surface area contributed by atoms with Gasteiger partial charge in [0.25, 0.3) is 11.9 Å². The number of amides is 1. The van der Waals surface area contributed by atoms with Crippen LogP contribution in [0.5, 0.6) is 0 Å². The Hall–Kier alpha value is -3.55. The number of aromatic nitrogens is 4. The molecule has 2 N–H and O–H groups in total. The number of para-hydroxylation sites is 2. The fourth-order valence-electron chi connectivity index (χ4n) is 2.27. The maximum atomic E-state index is 12.1. The Bertz CT molecular complexity index is 901. The molecule has 0 saturated heterocycles. The van der Waals surface area contributed by atoms with Crippen molar-refractivity contribution in [2.24, 2.45) is 5.10 Å². The highest BCUT2D eigenvalue weighted by Crippen LogP contribution is 2.23. The molecule has 8 nitrogen and oxygen atoms in total. The minimum absolute atomic E-state index is 0.268. The van der Waals surface area contributed by atoms with Gasteiger partial charge in [0, 0.05) is 11.3 Å². The zero-order chi connectivity index (χ0) is 15.6. The summed E-state index contributed by atoms with van der Waals surface area (Å²) in [4.78, 5) is 13.3. The third-order valence-corrected chi connectivity index (χ3v) is 3.32. The number of hydrogen-bond donors (Lipinski definition) is 2. The van der Waals surface area contributed by atoms with Crippen LogP contribution in [0.15, 0.2) is 59.7 Å². The summed E-state index contributed by atoms with van der Waals surface area (Å²) in [7, 11) is 0. The van der Waals surface area contributed by atoms with Crippen LogP contribution in [-0.4, -0.2) is 31.9 Å². The first-order chi connectivity index (χ1) is 11.3. The molecule has 2 heterocycles. The highest BCUT2D eigenvalue weighted by Gasteiger charge is 2.26. The molecule has 3 aromatic rings. The number of nitrogens with one attached hydrogen (secondary N) is 2. The van der Waals surface area contributed by atoms with Gasteiger partial charge in [-0.1, -0.05) is 46.3 Å². The fraction of sp³-hybridized carbons (Fsp3) is 0. The molecule has 1 aromatic heterocycles. The lowest BCUT2D eigenvalue weighted by atomic mass is 10.1. The van der Waals surface area contributed by atoms with Crippen LogP contribution in [0.3, 0.4) is 0 Å². The van der Waals surface area contributed by atoms with Crippen LogP contribution < -0.4 is 10.6 Å². The fourth-order valence-corrected chi connectivity index (χ4v) is 2.27. The molecule has 112 valence electrons. The molecular formula is C15H11N7O. The predicted molar refractivity (Wildman–Crippen MR) is 84.5 cm³/mol. The number of tetrazole rings is 1. The third kappa shape index (κ3) is 2.42. The molecule has 1 aliphatic rings. The number of fused-ring (bicyclic) bond motifs is 1. The van der Waals surface area contributed by atoms with E-state index in [-0.39, 0.29) is 11.6 Å². The molecule has 0 aliphatic carbocycles. The van der Waals surface area contributed by atoms with E-state index >= 15 is 0 Å². The first-order valence-electron chi connectivity index (χ1n) is 6.91. The van der Waals surface area contributed by atoms with Crippen LogP contribution in [0.25, 0.3) is 0 Å². The molecule has 8 heteroatoms. The van der Waals surface area contributed by atoms with Crippen LogP contribution >= 0.6 is 0 Å². The molecule has 0 saturated carbocycles. The van der Waals surface area contributed by atoms with Gasteiger partial charge in [0.05, 0.1) is 5.69 Å². The predicted octanol–water partition coefficient (Wildman–Crippen LogP) is 1.62. The van der Waals surface area contributed by atoms with E-state index in [1.807, 2.05) is 54.6 Å². The van der Waals surface area contributed by atoms with E-state index in [1.165, 1.54) is 4.79 Å². The van der Waals surface area contributed by atoms with Crippen LogP contribution in [0, 0.1) is 0 Å². The number of carbonyl (C=O) groups is 1. The Balaban J connectivity index is 1.70. The van der Waals surface area contributed by atoms with Crippen molar-refractivity contribution in [2.45, 2.75) is 0 Å². The van der Waals surface area contributed by atoms with Gasteiger partial charge in [0.15, 0.2) is 5.71 Å². The van der Waals surface area contributed by atoms with Crippen molar-refractivity contribution in [1.82, 2.24) is 20.3 Å². The SMILES string of the molecule is O=C1Nc2ccccc2C1=Nn1nnnc1Nc1ccccc1. The summed E-state index contributed by atoms with van der Waals surface area (Å²) in [6.07, 6.45) is 0. The zero-order valence-corrected chi connectivity index (χ0v) is 11.8. The summed E-state index contributed by atoms with van der Waals surface area (Å²) in [5.74, 6) is 0.0354. The topological polar surface area (TPSA) is 97.1 Å². The zero-order valence-electron chi connectivity index (χ0n) is 11.8. The van der Waals surface area contributed by atoms with Gasteiger partial charge in [-0.3, -0.25) is 4.79 Å². The Kier molecular flexibility index (Phi) is 3.05. The van der Waals surface area contributed by atoms with Crippen LogP contribution in [0.2, 0.25) is 0 Å². The highest BCUT2D eigenvalue weighted by atomic mass is 16.2. The monoisotopic (exact) mass is 305 g/mol. The van der Waals surface area contributed by atoms with Gasteiger partial charge in [-0.05, 0) is 28.6 Å². The second-order valence-corrected chi connectivity index (χ2v) is 4.83. The van der Waals surface area contributed by atoms with Gasteiger partial charge < -0.3 is 10.6 Å². The van der Waals surface area contributed by atoms with Crippen molar-refractivity contribution in [1.29, 1.82) is 0 Å². The molecule has 0 spiro atoms. The summed E-state index contributed by atoms with van der Waals surface area (Å²) in [5.41, 5.74) is 2.53. The summed E-state index contributed by atoms with van der Waals surface area (Å²) in [6.45, 7) is 0. The standard InChI is InChI=1S/C15H11N7O/c23-14-13(11-8-4-5-9-12(11)17-14)19-22-15(18-20-21-22)16-10-6-2-1-3-7-10/h1-9H,(H,16,18,21)(H,17,19,23). The van der Waals surface area contributed by atoms with E-state index in [0.29, 0.717) is 5.95 Å². The molecule has 1 amide bonds. The summed E-state index contributed by atoms with van der Waals surface area (Å²) in [5, 5.41) is 21.4. The lowest BCUT2D eigenvalue weighted by molar-refractivity contribution is -0.110. The lowest BCUT2D eigenvalue weighted by Gasteiger charge is -2.03. The molecule has 23 heavy (non-hydrogen) atoms. The van der Waals surface area contributed by atoms with Crippen molar-refractivity contribution in [3.05, 3.63) is 60.2 Å². The van der Waals surface area contributed by atoms with E-state index in [2.05, 4.69) is 31.3 Å². The van der Waals surface area contributed by atoms with E-state index in [0.717, 1.165) is 16.9 Å². The van der Waals surface area contributed by atoms with E-state index < -0.39 is 0 Å². The summed E-state index contributed by atoms with van der Waals surface area (Å²) >= 11 is 0. The quantitative estimate of drug-likeness (QED) is 0.766. The molecule has 1 aliphatic heterocycles. The summed E-state index contributed by atoms with van der Waals surface area (Å²) in [6, 6.07) is 16.8. The molecule has 4 rings (SSSR count). The van der Waals surface area contributed by atoms with Gasteiger partial charge >= 0.3 is 0 Å². The number of benzene rings is 2. The van der Waals surface area contributed by atoms with Crippen LogP contribution in [0.4, 0.5) is 17.3 Å². The maximum absolute atomic E-state index is 12.1. The van der Waals surface area contributed by atoms with Crippen molar-refractivity contribution in [3.63, 3.8) is 0 Å². The average Bonchev–Trinajstić information content (AvgIpc) is 3.14. The molecule has 0 fully saturated rings. The second-order valence-electron chi connectivity index (χ2n) is 4.83. The van der Waals surface area contributed by atoms with Crippen LogP contribution in [-0.2, 0) is 4.79 Å². The van der Waals surface area contributed by atoms with E-state index in [4.69, 9.17) is 0 Å². The number of carbonyl (C=O) groups excluding carboxylic acids is 1. The van der Waals surface area contributed by atoms with Gasteiger partial charge in [0.2, 0.25) is 0 Å². The minimum Gasteiger partial charge on any atom is -0.321 e. The van der Waals surface area contributed by atoms with Gasteiger partial charge in [0.1, 0.15) is 0 Å².